The van der Waals surface area contributed by atoms with E-state index in [1.807, 2.05) is 0 Å². The van der Waals surface area contributed by atoms with E-state index in [0.717, 1.165) is 61.3 Å². The van der Waals surface area contributed by atoms with Gasteiger partial charge in [0.25, 0.3) is 0 Å². The molecule has 63 heavy (non-hydrogen) atoms. The zero-order valence-corrected chi connectivity index (χ0v) is 34.4. The van der Waals surface area contributed by atoms with E-state index in [4.69, 9.17) is 4.42 Å². The van der Waals surface area contributed by atoms with Crippen molar-refractivity contribution < 1.29 is 4.42 Å². The predicted octanol–water partition coefficient (Wildman–Crippen LogP) is 16.4. The van der Waals surface area contributed by atoms with Gasteiger partial charge in [0.15, 0.2) is 0 Å². The second-order valence-corrected chi connectivity index (χ2v) is 16.7. The van der Waals surface area contributed by atoms with Crippen molar-refractivity contribution in [3.63, 3.8) is 0 Å². The zero-order valence-electron chi connectivity index (χ0n) is 34.4. The van der Waals surface area contributed by atoms with Crippen LogP contribution in [0.15, 0.2) is 241 Å². The smallest absolute Gasteiger partial charge is 0.137 e. The van der Waals surface area contributed by atoms with E-state index in [0.29, 0.717) is 0 Å². The van der Waals surface area contributed by atoms with Gasteiger partial charge in [-0.15, -0.1) is 0 Å². The maximum absolute atomic E-state index is 6.62. The van der Waals surface area contributed by atoms with Crippen LogP contribution in [0.5, 0.6) is 0 Å². The van der Waals surface area contributed by atoms with Crippen LogP contribution in [-0.2, 0) is 5.41 Å². The molecule has 10 aromatic carbocycles. The first-order valence-electron chi connectivity index (χ1n) is 21.8. The molecule has 0 bridgehead atoms. The van der Waals surface area contributed by atoms with Gasteiger partial charge < -0.3 is 9.32 Å². The highest BCUT2D eigenvalue weighted by atomic mass is 16.3. The largest absolute Gasteiger partial charge is 0.456 e. The van der Waals surface area contributed by atoms with Crippen molar-refractivity contribution >= 4 is 39.0 Å². The zero-order chi connectivity index (χ0) is 41.5. The van der Waals surface area contributed by atoms with Crippen molar-refractivity contribution in [2.45, 2.75) is 5.41 Å². The molecular formula is C61H39NO. The molecule has 0 fully saturated rings. The number of nitrogens with zero attached hydrogens (tertiary/aromatic N) is 1. The van der Waals surface area contributed by atoms with Crippen LogP contribution in [0.4, 0.5) is 17.1 Å². The summed E-state index contributed by atoms with van der Waals surface area (Å²) in [4.78, 5) is 2.50. The Labute approximate surface area is 366 Å². The summed E-state index contributed by atoms with van der Waals surface area (Å²) in [5, 5.41) is 2.17. The highest BCUT2D eigenvalue weighted by Gasteiger charge is 2.51. The van der Waals surface area contributed by atoms with Crippen molar-refractivity contribution in [1.82, 2.24) is 0 Å². The van der Waals surface area contributed by atoms with Gasteiger partial charge >= 0.3 is 0 Å². The number of furan rings is 1. The molecule has 294 valence electrons. The maximum Gasteiger partial charge on any atom is 0.137 e. The van der Waals surface area contributed by atoms with Gasteiger partial charge in [-0.1, -0.05) is 200 Å². The van der Waals surface area contributed by atoms with Crippen molar-refractivity contribution in [1.29, 1.82) is 0 Å². The Hall–Kier alpha value is -8.20. The topological polar surface area (TPSA) is 16.4 Å². The summed E-state index contributed by atoms with van der Waals surface area (Å²) in [5.74, 6) is 0. The van der Waals surface area contributed by atoms with E-state index >= 15 is 0 Å². The molecule has 1 spiro atoms. The minimum absolute atomic E-state index is 0.434. The van der Waals surface area contributed by atoms with Gasteiger partial charge in [0.05, 0.1) is 22.2 Å². The van der Waals surface area contributed by atoms with Crippen molar-refractivity contribution in [3.05, 3.63) is 259 Å². The second-order valence-electron chi connectivity index (χ2n) is 16.7. The molecule has 0 unspecified atom stereocenters. The van der Waals surface area contributed by atoms with Crippen LogP contribution in [0.1, 0.15) is 22.3 Å². The van der Waals surface area contributed by atoms with E-state index in [9.17, 15) is 0 Å². The first-order valence-corrected chi connectivity index (χ1v) is 21.8. The van der Waals surface area contributed by atoms with Crippen molar-refractivity contribution in [2.75, 3.05) is 4.90 Å². The third kappa shape index (κ3) is 5.13. The Kier molecular flexibility index (Phi) is 7.85. The van der Waals surface area contributed by atoms with Crippen LogP contribution in [0.25, 0.3) is 77.6 Å². The average Bonchev–Trinajstić information content (AvgIpc) is 3.99. The number of benzene rings is 10. The van der Waals surface area contributed by atoms with Crippen molar-refractivity contribution in [3.8, 4) is 55.6 Å². The summed E-state index contributed by atoms with van der Waals surface area (Å²) < 4.78 is 6.62. The molecule has 2 heteroatoms. The van der Waals surface area contributed by atoms with Gasteiger partial charge in [-0.05, 0) is 109 Å². The van der Waals surface area contributed by atoms with Crippen LogP contribution in [0.2, 0.25) is 0 Å². The van der Waals surface area contributed by atoms with Gasteiger partial charge in [-0.2, -0.15) is 0 Å². The molecule has 1 aromatic heterocycles. The van der Waals surface area contributed by atoms with Gasteiger partial charge in [-0.3, -0.25) is 0 Å². The molecule has 2 nitrogen and oxygen atoms in total. The Morgan fingerprint density at radius 2 is 0.794 bits per heavy atom. The molecule has 2 aliphatic carbocycles. The molecule has 11 aromatic rings. The van der Waals surface area contributed by atoms with Gasteiger partial charge in [-0.25, -0.2) is 0 Å². The molecule has 0 N–H and O–H groups in total. The summed E-state index contributed by atoms with van der Waals surface area (Å²) in [6, 6.07) is 86.5. The summed E-state index contributed by atoms with van der Waals surface area (Å²) in [7, 11) is 0. The van der Waals surface area contributed by atoms with E-state index in [-0.39, 0.29) is 0 Å². The summed E-state index contributed by atoms with van der Waals surface area (Å²) in [6.07, 6.45) is 0. The number of para-hydroxylation sites is 1. The molecule has 1 heterocycles. The van der Waals surface area contributed by atoms with E-state index < -0.39 is 5.41 Å². The van der Waals surface area contributed by atoms with Crippen LogP contribution in [0, 0.1) is 0 Å². The van der Waals surface area contributed by atoms with E-state index in [2.05, 4.69) is 241 Å². The number of anilines is 3. The fourth-order valence-electron chi connectivity index (χ4n) is 11.0. The van der Waals surface area contributed by atoms with Crippen LogP contribution < -0.4 is 4.90 Å². The summed E-state index contributed by atoms with van der Waals surface area (Å²) in [5.41, 5.74) is 21.9. The molecule has 0 saturated carbocycles. The first-order chi connectivity index (χ1) is 31.3. The molecule has 13 rings (SSSR count). The monoisotopic (exact) mass is 801 g/mol. The second kappa shape index (κ2) is 13.9. The Morgan fingerprint density at radius 3 is 1.48 bits per heavy atom. The van der Waals surface area contributed by atoms with Crippen molar-refractivity contribution in [2.24, 2.45) is 0 Å². The molecule has 2 aliphatic rings. The van der Waals surface area contributed by atoms with Gasteiger partial charge in [0.2, 0.25) is 0 Å². The fraction of sp³-hybridized carbons (Fsp3) is 0.0164. The lowest BCUT2D eigenvalue weighted by molar-refractivity contribution is 0.669. The summed E-state index contributed by atoms with van der Waals surface area (Å²) >= 11 is 0. The van der Waals surface area contributed by atoms with E-state index in [1.165, 1.54) is 55.6 Å². The van der Waals surface area contributed by atoms with Crippen LogP contribution >= 0.6 is 0 Å². The molecule has 0 amide bonds. The lowest BCUT2D eigenvalue weighted by Gasteiger charge is -2.32. The molecule has 0 aliphatic heterocycles. The first kappa shape index (κ1) is 35.5. The quantitative estimate of drug-likeness (QED) is 0.167. The Morgan fingerprint density at radius 1 is 0.317 bits per heavy atom. The SMILES string of the molecule is c1ccc(-c2ccccc2-c2c(-c3ccccc3)cccc2N(c2ccc3c(c2)-c2ccccc2C32c3ccccc3-c3ccccc32)c2cccc3oc4ccccc4c23)cc1. The van der Waals surface area contributed by atoms with E-state index in [1.54, 1.807) is 0 Å². The fourth-order valence-corrected chi connectivity index (χ4v) is 11.0. The lowest BCUT2D eigenvalue weighted by Crippen LogP contribution is -2.25. The Balaban J connectivity index is 1.14. The third-order valence-corrected chi connectivity index (χ3v) is 13.5. The molecular weight excluding hydrogens is 763 g/mol. The molecule has 0 atom stereocenters. The maximum atomic E-state index is 6.62. The average molecular weight is 802 g/mol. The van der Waals surface area contributed by atoms with Gasteiger partial charge in [0, 0.05) is 16.6 Å². The third-order valence-electron chi connectivity index (χ3n) is 13.5. The van der Waals surface area contributed by atoms with Crippen LogP contribution in [-0.4, -0.2) is 0 Å². The molecule has 0 saturated heterocycles. The van der Waals surface area contributed by atoms with Gasteiger partial charge in [0.1, 0.15) is 11.2 Å². The standard InChI is InChI=1S/C61H39NO/c1-3-19-40(20-4-1)43-23-7-8-27-48(43)59-44(41-21-5-2-6-22-41)29-17-33-55(59)62(56-34-18-36-58-60(56)49-28-12-16-35-57(49)63-58)42-37-38-54-50(39-42)47-26-11-15-32-53(47)61(54)51-30-13-9-24-45(51)46-25-10-14-31-52(46)61/h1-39H. The molecule has 0 radical (unpaired) electrons. The highest BCUT2D eigenvalue weighted by molar-refractivity contribution is 6.15. The van der Waals surface area contributed by atoms with Crippen LogP contribution in [0.3, 0.4) is 0 Å². The minimum atomic E-state index is -0.434. The highest BCUT2D eigenvalue weighted by Crippen LogP contribution is 2.63. The normalized spacial score (nSPS) is 12.9. The number of fused-ring (bicyclic) bond motifs is 13. The summed E-state index contributed by atoms with van der Waals surface area (Å²) in [6.45, 7) is 0. The lowest BCUT2D eigenvalue weighted by atomic mass is 9.70. The number of hydrogen-bond acceptors (Lipinski definition) is 2. The predicted molar refractivity (Wildman–Crippen MR) is 261 cm³/mol. The number of rotatable bonds is 6. The minimum Gasteiger partial charge on any atom is -0.456 e. The Bertz CT molecular complexity index is 3540. The number of hydrogen-bond donors (Lipinski definition) is 0.